The van der Waals surface area contributed by atoms with E-state index in [1.54, 1.807) is 6.07 Å². The van der Waals surface area contributed by atoms with Crippen molar-refractivity contribution in [2.75, 3.05) is 0 Å². The number of benzene rings is 1. The van der Waals surface area contributed by atoms with Crippen molar-refractivity contribution in [3.05, 3.63) is 46.7 Å². The highest BCUT2D eigenvalue weighted by molar-refractivity contribution is 6.24. The van der Waals surface area contributed by atoms with Gasteiger partial charge in [0, 0.05) is 17.2 Å². The summed E-state index contributed by atoms with van der Waals surface area (Å²) >= 11 is 0. The SMILES string of the molecule is CC(C)(C)C1CCC(Cc2cccc3c2C(=O)C(O)=CC3=O)CC1. The van der Waals surface area contributed by atoms with Crippen LogP contribution in [0.5, 0.6) is 0 Å². The number of carbonyl (C=O) groups excluding carboxylic acids is 2. The summed E-state index contributed by atoms with van der Waals surface area (Å²) in [5.74, 6) is 0.181. The summed E-state index contributed by atoms with van der Waals surface area (Å²) in [4.78, 5) is 24.4. The maximum absolute atomic E-state index is 12.3. The molecule has 0 radical (unpaired) electrons. The number of allylic oxidation sites excluding steroid dienone is 2. The van der Waals surface area contributed by atoms with Crippen LogP contribution in [0.4, 0.5) is 0 Å². The Morgan fingerprint density at radius 2 is 1.75 bits per heavy atom. The molecule has 3 rings (SSSR count). The number of aliphatic hydroxyl groups is 1. The number of hydrogen-bond donors (Lipinski definition) is 1. The largest absolute Gasteiger partial charge is 0.504 e. The third kappa shape index (κ3) is 3.17. The van der Waals surface area contributed by atoms with Crippen LogP contribution in [0.2, 0.25) is 0 Å². The molecule has 128 valence electrons. The standard InChI is InChI=1S/C21H26O3/c1-21(2,3)15-9-7-13(8-10-15)11-14-5-4-6-16-17(22)12-18(23)20(24)19(14)16/h4-6,12-13,15,23H,7-11H2,1-3H3. The van der Waals surface area contributed by atoms with Gasteiger partial charge in [0.25, 0.3) is 0 Å². The Morgan fingerprint density at radius 1 is 1.08 bits per heavy atom. The van der Waals surface area contributed by atoms with Crippen molar-refractivity contribution in [2.24, 2.45) is 17.3 Å². The van der Waals surface area contributed by atoms with Gasteiger partial charge in [-0.05, 0) is 54.9 Å². The van der Waals surface area contributed by atoms with Gasteiger partial charge >= 0.3 is 0 Å². The van der Waals surface area contributed by atoms with E-state index in [4.69, 9.17) is 0 Å². The molecule has 0 aliphatic heterocycles. The first-order valence-electron chi connectivity index (χ1n) is 8.89. The molecule has 2 aliphatic rings. The van der Waals surface area contributed by atoms with E-state index in [0.29, 0.717) is 22.5 Å². The Bertz CT molecular complexity index is 698. The van der Waals surface area contributed by atoms with Gasteiger partial charge in [-0.2, -0.15) is 0 Å². The van der Waals surface area contributed by atoms with Gasteiger partial charge in [-0.3, -0.25) is 9.59 Å². The first-order chi connectivity index (χ1) is 11.3. The van der Waals surface area contributed by atoms with Gasteiger partial charge in [-0.25, -0.2) is 0 Å². The average Bonchev–Trinajstić information content (AvgIpc) is 2.52. The summed E-state index contributed by atoms with van der Waals surface area (Å²) < 4.78 is 0. The normalized spacial score (nSPS) is 24.5. The molecule has 0 aromatic heterocycles. The third-order valence-electron chi connectivity index (χ3n) is 5.72. The fourth-order valence-electron chi connectivity index (χ4n) is 4.18. The monoisotopic (exact) mass is 326 g/mol. The maximum atomic E-state index is 12.3. The molecule has 3 heteroatoms. The predicted molar refractivity (Wildman–Crippen MR) is 94.4 cm³/mol. The number of Topliss-reactive ketones (excluding diaryl/α,β-unsaturated/α-hetero) is 1. The van der Waals surface area contributed by atoms with E-state index in [9.17, 15) is 14.7 Å². The predicted octanol–water partition coefficient (Wildman–Crippen LogP) is 4.90. The summed E-state index contributed by atoms with van der Waals surface area (Å²) in [6, 6.07) is 5.45. The van der Waals surface area contributed by atoms with Crippen molar-refractivity contribution in [1.82, 2.24) is 0 Å². The van der Waals surface area contributed by atoms with Crippen LogP contribution in [-0.4, -0.2) is 16.7 Å². The number of rotatable bonds is 2. The van der Waals surface area contributed by atoms with Gasteiger partial charge in [0.05, 0.1) is 0 Å². The Morgan fingerprint density at radius 3 is 2.38 bits per heavy atom. The minimum atomic E-state index is -0.434. The highest BCUT2D eigenvalue weighted by Gasteiger charge is 2.32. The highest BCUT2D eigenvalue weighted by Crippen LogP contribution is 2.41. The van der Waals surface area contributed by atoms with Crippen LogP contribution in [0.25, 0.3) is 0 Å². The minimum Gasteiger partial charge on any atom is -0.504 e. The van der Waals surface area contributed by atoms with Crippen LogP contribution in [0.15, 0.2) is 30.0 Å². The third-order valence-corrected chi connectivity index (χ3v) is 5.72. The fourth-order valence-corrected chi connectivity index (χ4v) is 4.18. The lowest BCUT2D eigenvalue weighted by Crippen LogP contribution is -2.27. The lowest BCUT2D eigenvalue weighted by Gasteiger charge is -2.37. The Hall–Kier alpha value is -1.90. The molecule has 1 saturated carbocycles. The lowest BCUT2D eigenvalue weighted by molar-refractivity contribution is 0.0937. The smallest absolute Gasteiger partial charge is 0.228 e. The van der Waals surface area contributed by atoms with Crippen LogP contribution < -0.4 is 0 Å². The average molecular weight is 326 g/mol. The quantitative estimate of drug-likeness (QED) is 0.840. The molecular weight excluding hydrogens is 300 g/mol. The fraction of sp³-hybridized carbons (Fsp3) is 0.524. The van der Waals surface area contributed by atoms with Crippen LogP contribution in [-0.2, 0) is 6.42 Å². The number of hydrogen-bond acceptors (Lipinski definition) is 3. The molecule has 2 aliphatic carbocycles. The second-order valence-electron chi connectivity index (χ2n) is 8.35. The minimum absolute atomic E-state index is 0.277. The van der Waals surface area contributed by atoms with Gasteiger partial charge < -0.3 is 5.11 Å². The maximum Gasteiger partial charge on any atom is 0.228 e. The molecule has 1 fully saturated rings. The molecule has 0 heterocycles. The first-order valence-corrected chi connectivity index (χ1v) is 8.89. The summed E-state index contributed by atoms with van der Waals surface area (Å²) in [6.07, 6.45) is 6.61. The summed E-state index contributed by atoms with van der Waals surface area (Å²) in [5.41, 5.74) is 2.11. The molecule has 3 nitrogen and oxygen atoms in total. The van der Waals surface area contributed by atoms with Crippen LogP contribution in [0.1, 0.15) is 72.7 Å². The van der Waals surface area contributed by atoms with E-state index in [-0.39, 0.29) is 5.78 Å². The summed E-state index contributed by atoms with van der Waals surface area (Å²) in [6.45, 7) is 6.93. The molecule has 0 unspecified atom stereocenters. The second kappa shape index (κ2) is 6.19. The summed E-state index contributed by atoms with van der Waals surface area (Å²) in [7, 11) is 0. The van der Waals surface area contributed by atoms with Gasteiger partial charge in [-0.1, -0.05) is 39.0 Å². The van der Waals surface area contributed by atoms with E-state index in [1.165, 1.54) is 12.8 Å². The van der Waals surface area contributed by atoms with Crippen molar-refractivity contribution in [3.8, 4) is 0 Å². The molecule has 0 spiro atoms. The molecule has 1 aromatic carbocycles. The zero-order valence-corrected chi connectivity index (χ0v) is 14.8. The summed E-state index contributed by atoms with van der Waals surface area (Å²) in [5, 5.41) is 9.74. The Labute approximate surface area is 143 Å². The number of ketones is 2. The number of carbonyl (C=O) groups is 2. The first kappa shape index (κ1) is 16.9. The van der Waals surface area contributed by atoms with Crippen molar-refractivity contribution in [3.63, 3.8) is 0 Å². The van der Waals surface area contributed by atoms with Crippen molar-refractivity contribution in [2.45, 2.75) is 52.9 Å². The number of fused-ring (bicyclic) bond motifs is 1. The molecule has 0 bridgehead atoms. The molecule has 0 amide bonds. The molecule has 1 aromatic rings. The van der Waals surface area contributed by atoms with Crippen molar-refractivity contribution in [1.29, 1.82) is 0 Å². The zero-order chi connectivity index (χ0) is 17.5. The zero-order valence-electron chi connectivity index (χ0n) is 14.8. The van der Waals surface area contributed by atoms with E-state index in [2.05, 4.69) is 20.8 Å². The Balaban J connectivity index is 1.78. The molecule has 0 atom stereocenters. The highest BCUT2D eigenvalue weighted by atomic mass is 16.3. The van der Waals surface area contributed by atoms with Crippen molar-refractivity contribution >= 4 is 11.6 Å². The molecular formula is C21H26O3. The van der Waals surface area contributed by atoms with Crippen LogP contribution in [0, 0.1) is 17.3 Å². The van der Waals surface area contributed by atoms with Gasteiger partial charge in [0.1, 0.15) is 0 Å². The van der Waals surface area contributed by atoms with Crippen LogP contribution >= 0.6 is 0 Å². The molecule has 1 N–H and O–H groups in total. The van der Waals surface area contributed by atoms with Crippen LogP contribution in [0.3, 0.4) is 0 Å². The van der Waals surface area contributed by atoms with E-state index in [0.717, 1.165) is 36.8 Å². The van der Waals surface area contributed by atoms with Gasteiger partial charge in [0.2, 0.25) is 5.78 Å². The Kier molecular flexibility index (Phi) is 4.37. The molecule has 0 saturated heterocycles. The molecule has 24 heavy (non-hydrogen) atoms. The second-order valence-corrected chi connectivity index (χ2v) is 8.35. The van der Waals surface area contributed by atoms with E-state index in [1.807, 2.05) is 12.1 Å². The topological polar surface area (TPSA) is 54.4 Å². The van der Waals surface area contributed by atoms with E-state index < -0.39 is 11.5 Å². The van der Waals surface area contributed by atoms with Gasteiger partial charge in [-0.15, -0.1) is 0 Å². The van der Waals surface area contributed by atoms with Crippen molar-refractivity contribution < 1.29 is 14.7 Å². The van der Waals surface area contributed by atoms with E-state index >= 15 is 0 Å². The number of aliphatic hydroxyl groups excluding tert-OH is 1. The lowest BCUT2D eigenvalue weighted by atomic mass is 9.68. The van der Waals surface area contributed by atoms with Gasteiger partial charge in [0.15, 0.2) is 11.5 Å².